The van der Waals surface area contributed by atoms with Crippen molar-refractivity contribution < 1.29 is 9.13 Å². The van der Waals surface area contributed by atoms with Crippen molar-refractivity contribution in [1.29, 1.82) is 0 Å². The molecule has 1 aliphatic heterocycles. The van der Waals surface area contributed by atoms with Crippen molar-refractivity contribution in [2.75, 3.05) is 36.5 Å². The van der Waals surface area contributed by atoms with Crippen LogP contribution in [0.4, 0.5) is 21.7 Å². The molecule has 3 aromatic heterocycles. The van der Waals surface area contributed by atoms with Gasteiger partial charge in [0.05, 0.1) is 24.6 Å². The zero-order valence-electron chi connectivity index (χ0n) is 19.8. The Labute approximate surface area is 212 Å². The summed E-state index contributed by atoms with van der Waals surface area (Å²) in [4.78, 5) is 19.7. The Hall–Kier alpha value is -4.70. The number of hydrogen-bond acceptors (Lipinski definition) is 8. The van der Waals surface area contributed by atoms with E-state index in [2.05, 4.69) is 35.3 Å². The van der Waals surface area contributed by atoms with Gasteiger partial charge in [-0.25, -0.2) is 24.0 Å². The highest BCUT2D eigenvalue weighted by atomic mass is 19.1. The van der Waals surface area contributed by atoms with Crippen LogP contribution in [-0.4, -0.2) is 56.0 Å². The number of halogens is 1. The van der Waals surface area contributed by atoms with Crippen molar-refractivity contribution >= 4 is 17.3 Å². The van der Waals surface area contributed by atoms with Gasteiger partial charge in [0.25, 0.3) is 0 Å². The number of nitrogens with zero attached hydrogens (tertiary/aromatic N) is 7. The number of pyridine rings is 1. The summed E-state index contributed by atoms with van der Waals surface area (Å²) in [7, 11) is 0. The van der Waals surface area contributed by atoms with Gasteiger partial charge in [-0.3, -0.25) is 4.98 Å². The third-order valence-electron chi connectivity index (χ3n) is 5.98. The van der Waals surface area contributed by atoms with E-state index in [0.717, 1.165) is 30.2 Å². The normalized spacial score (nSPS) is 13.5. The molecule has 0 amide bonds. The van der Waals surface area contributed by atoms with Crippen molar-refractivity contribution in [1.82, 2.24) is 29.7 Å². The number of benzene rings is 2. The maximum atomic E-state index is 14.5. The van der Waals surface area contributed by atoms with Crippen molar-refractivity contribution in [3.05, 3.63) is 91.3 Å². The summed E-state index contributed by atoms with van der Waals surface area (Å²) in [5.74, 6) is 0.671. The molecule has 0 unspecified atom stereocenters. The van der Waals surface area contributed by atoms with E-state index < -0.39 is 0 Å². The Balaban J connectivity index is 1.19. The lowest BCUT2D eigenvalue weighted by atomic mass is 10.1. The first-order valence-electron chi connectivity index (χ1n) is 11.9. The van der Waals surface area contributed by atoms with Crippen LogP contribution in [0, 0.1) is 5.82 Å². The Morgan fingerprint density at radius 3 is 2.49 bits per heavy atom. The molecule has 184 valence electrons. The molecule has 0 atom stereocenters. The molecule has 9 nitrogen and oxygen atoms in total. The van der Waals surface area contributed by atoms with E-state index in [1.54, 1.807) is 35.5 Å². The summed E-state index contributed by atoms with van der Waals surface area (Å²) in [5.41, 5.74) is 4.52. The molecular weight excluding hydrogens is 471 g/mol. The van der Waals surface area contributed by atoms with Gasteiger partial charge in [0.15, 0.2) is 5.82 Å². The molecule has 10 heteroatoms. The highest BCUT2D eigenvalue weighted by Crippen LogP contribution is 2.27. The number of aromatic nitrogens is 6. The number of nitrogens with one attached hydrogen (secondary N) is 1. The molecule has 1 N–H and O–H groups in total. The fourth-order valence-electron chi connectivity index (χ4n) is 4.13. The van der Waals surface area contributed by atoms with Crippen LogP contribution in [0.3, 0.4) is 0 Å². The molecule has 1 saturated heterocycles. The second-order valence-corrected chi connectivity index (χ2v) is 8.46. The zero-order chi connectivity index (χ0) is 25.0. The lowest BCUT2D eigenvalue weighted by molar-refractivity contribution is 0.122. The molecule has 5 aromatic rings. The van der Waals surface area contributed by atoms with Crippen LogP contribution in [0.15, 0.2) is 85.5 Å². The zero-order valence-corrected chi connectivity index (χ0v) is 19.8. The topological polar surface area (TPSA) is 93.9 Å². The molecular formula is C27H23FN8O. The van der Waals surface area contributed by atoms with Crippen molar-refractivity contribution in [3.63, 3.8) is 0 Å². The summed E-state index contributed by atoms with van der Waals surface area (Å²) >= 11 is 0. The average molecular weight is 495 g/mol. The Kier molecular flexibility index (Phi) is 6.22. The van der Waals surface area contributed by atoms with Crippen LogP contribution in [-0.2, 0) is 4.74 Å². The lowest BCUT2D eigenvalue weighted by Crippen LogP contribution is -2.36. The maximum Gasteiger partial charge on any atom is 0.227 e. The summed E-state index contributed by atoms with van der Waals surface area (Å²) in [6, 6.07) is 20.0. The molecule has 0 spiro atoms. The number of morpholine rings is 1. The van der Waals surface area contributed by atoms with Crippen molar-refractivity contribution in [2.24, 2.45) is 0 Å². The van der Waals surface area contributed by atoms with Gasteiger partial charge < -0.3 is 15.0 Å². The Bertz CT molecular complexity index is 1500. The molecule has 0 aliphatic carbocycles. The summed E-state index contributed by atoms with van der Waals surface area (Å²) in [6.45, 7) is 2.73. The van der Waals surface area contributed by atoms with Gasteiger partial charge in [0, 0.05) is 42.4 Å². The quantitative estimate of drug-likeness (QED) is 0.369. The van der Waals surface area contributed by atoms with Gasteiger partial charge in [-0.2, -0.15) is 0 Å². The van der Waals surface area contributed by atoms with Gasteiger partial charge in [-0.15, -0.1) is 5.10 Å². The van der Waals surface area contributed by atoms with Crippen LogP contribution in [0.1, 0.15) is 0 Å². The fraction of sp³-hybridized carbons (Fsp3) is 0.148. The number of hydrogen-bond donors (Lipinski definition) is 1. The highest BCUT2D eigenvalue weighted by molar-refractivity contribution is 5.67. The standard InChI is InChI=1S/C27H23FN8O/c28-20-15-19(16-23(17-20)35-11-13-37-14-12-35)24-8-10-30-27(33-24)32-21-4-6-22(7-5-21)36-18-31-26(34-36)25-3-1-2-9-29-25/h1-10,15-18H,11-14H2,(H,30,32,33). The first-order chi connectivity index (χ1) is 18.2. The van der Waals surface area contributed by atoms with Crippen LogP contribution in [0.2, 0.25) is 0 Å². The van der Waals surface area contributed by atoms with Crippen LogP contribution >= 0.6 is 0 Å². The van der Waals surface area contributed by atoms with Crippen LogP contribution < -0.4 is 10.2 Å². The van der Waals surface area contributed by atoms with E-state index in [9.17, 15) is 4.39 Å². The van der Waals surface area contributed by atoms with Crippen molar-refractivity contribution in [2.45, 2.75) is 0 Å². The monoisotopic (exact) mass is 494 g/mol. The lowest BCUT2D eigenvalue weighted by Gasteiger charge is -2.29. The first-order valence-corrected chi connectivity index (χ1v) is 11.9. The van der Waals surface area contributed by atoms with Gasteiger partial charge in [-0.05, 0) is 60.7 Å². The predicted octanol–water partition coefficient (Wildman–Crippen LogP) is 4.51. The minimum atomic E-state index is -0.304. The largest absolute Gasteiger partial charge is 0.378 e. The Morgan fingerprint density at radius 2 is 1.68 bits per heavy atom. The average Bonchev–Trinajstić information content (AvgIpc) is 3.45. The minimum Gasteiger partial charge on any atom is -0.378 e. The number of ether oxygens (including phenoxy) is 1. The fourth-order valence-corrected chi connectivity index (χ4v) is 4.13. The second kappa shape index (κ2) is 10.1. The smallest absolute Gasteiger partial charge is 0.227 e. The summed E-state index contributed by atoms with van der Waals surface area (Å²) < 4.78 is 21.6. The van der Waals surface area contributed by atoms with E-state index in [0.29, 0.717) is 41.9 Å². The summed E-state index contributed by atoms with van der Waals surface area (Å²) in [6.07, 6.45) is 5.03. The highest BCUT2D eigenvalue weighted by Gasteiger charge is 2.14. The van der Waals surface area contributed by atoms with E-state index >= 15 is 0 Å². The van der Waals surface area contributed by atoms with Gasteiger partial charge in [0.1, 0.15) is 17.8 Å². The van der Waals surface area contributed by atoms with Gasteiger partial charge >= 0.3 is 0 Å². The molecule has 0 saturated carbocycles. The predicted molar refractivity (Wildman–Crippen MR) is 138 cm³/mol. The van der Waals surface area contributed by atoms with E-state index in [1.807, 2.05) is 48.5 Å². The molecule has 6 rings (SSSR count). The second-order valence-electron chi connectivity index (χ2n) is 8.46. The SMILES string of the molecule is Fc1cc(-c2ccnc(Nc3ccc(-n4cnc(-c5ccccn5)n4)cc3)n2)cc(N2CCOCC2)c1. The molecule has 1 fully saturated rings. The molecule has 2 aromatic carbocycles. The van der Waals surface area contributed by atoms with Gasteiger partial charge in [0.2, 0.25) is 5.95 Å². The molecule has 0 radical (unpaired) electrons. The number of rotatable bonds is 6. The molecule has 0 bridgehead atoms. The molecule has 1 aliphatic rings. The Morgan fingerprint density at radius 1 is 0.811 bits per heavy atom. The first kappa shape index (κ1) is 22.7. The van der Waals surface area contributed by atoms with Crippen LogP contribution in [0.5, 0.6) is 0 Å². The van der Waals surface area contributed by atoms with Crippen LogP contribution in [0.25, 0.3) is 28.5 Å². The maximum absolute atomic E-state index is 14.5. The third kappa shape index (κ3) is 5.14. The molecule has 37 heavy (non-hydrogen) atoms. The van der Waals surface area contributed by atoms with E-state index in [1.165, 1.54) is 6.07 Å². The minimum absolute atomic E-state index is 0.304. The summed E-state index contributed by atoms with van der Waals surface area (Å²) in [5, 5.41) is 7.73. The van der Waals surface area contributed by atoms with E-state index in [-0.39, 0.29) is 5.82 Å². The third-order valence-corrected chi connectivity index (χ3v) is 5.98. The van der Waals surface area contributed by atoms with Crippen molar-refractivity contribution in [3.8, 4) is 28.5 Å². The van der Waals surface area contributed by atoms with Gasteiger partial charge in [-0.1, -0.05) is 6.07 Å². The molecule has 4 heterocycles. The number of anilines is 3. The van der Waals surface area contributed by atoms with E-state index in [4.69, 9.17) is 4.74 Å².